The van der Waals surface area contributed by atoms with E-state index in [1.165, 1.54) is 28.2 Å². The summed E-state index contributed by atoms with van der Waals surface area (Å²) in [5.74, 6) is 0.997. The summed E-state index contributed by atoms with van der Waals surface area (Å²) < 4.78 is 0.873. The van der Waals surface area contributed by atoms with Crippen LogP contribution in [0.3, 0.4) is 0 Å². The molecule has 1 saturated carbocycles. The van der Waals surface area contributed by atoms with E-state index < -0.39 is 0 Å². The molecule has 1 aliphatic rings. The van der Waals surface area contributed by atoms with Crippen molar-refractivity contribution in [2.75, 3.05) is 0 Å². The van der Waals surface area contributed by atoms with Gasteiger partial charge in [0, 0.05) is 28.1 Å². The van der Waals surface area contributed by atoms with Crippen molar-refractivity contribution in [3.63, 3.8) is 0 Å². The van der Waals surface area contributed by atoms with E-state index in [1.54, 1.807) is 11.3 Å². The van der Waals surface area contributed by atoms with Crippen molar-refractivity contribution in [2.24, 2.45) is 0 Å². The lowest BCUT2D eigenvalue weighted by molar-refractivity contribution is 0.687. The summed E-state index contributed by atoms with van der Waals surface area (Å²) in [6.45, 7) is 0.990. The molecule has 1 N–H and O–H groups in total. The van der Waals surface area contributed by atoms with Crippen LogP contribution in [0, 0.1) is 0 Å². The average molecular weight is 310 g/mol. The van der Waals surface area contributed by atoms with E-state index in [0.717, 1.165) is 22.7 Å². The van der Waals surface area contributed by atoms with Crippen molar-refractivity contribution < 1.29 is 0 Å². The highest BCUT2D eigenvalue weighted by Gasteiger charge is 2.19. The third-order valence-corrected chi connectivity index (χ3v) is 5.54. The van der Waals surface area contributed by atoms with Crippen LogP contribution in [0.4, 0.5) is 0 Å². The molecule has 0 spiro atoms. The average Bonchev–Trinajstić information content (AvgIpc) is 3.16. The molecule has 3 rings (SSSR count). The molecular formula is C15H16ClNS2. The molecule has 2 aromatic rings. The van der Waals surface area contributed by atoms with Gasteiger partial charge in [0.2, 0.25) is 0 Å². The van der Waals surface area contributed by atoms with Gasteiger partial charge in [-0.3, -0.25) is 0 Å². The molecule has 1 heterocycles. The van der Waals surface area contributed by atoms with Gasteiger partial charge >= 0.3 is 0 Å². The van der Waals surface area contributed by atoms with Crippen LogP contribution in [-0.4, -0.2) is 6.04 Å². The fraction of sp³-hybridized carbons (Fsp3) is 0.333. The standard InChI is InChI=1S/C15H16ClNS2/c16-15-7-6-14(19-15)10-18-13-3-1-2-11(8-13)9-17-12-4-5-12/h1-3,6-8,12,17H,4-5,9-10H2. The Bertz CT molecular complexity index is 549. The normalized spacial score (nSPS) is 14.8. The van der Waals surface area contributed by atoms with Gasteiger partial charge in [0.15, 0.2) is 0 Å². The van der Waals surface area contributed by atoms with Gasteiger partial charge in [-0.15, -0.1) is 23.1 Å². The number of hydrogen-bond acceptors (Lipinski definition) is 3. The number of nitrogens with one attached hydrogen (secondary N) is 1. The van der Waals surface area contributed by atoms with Gasteiger partial charge in [-0.25, -0.2) is 0 Å². The fourth-order valence-electron chi connectivity index (χ4n) is 1.88. The summed E-state index contributed by atoms with van der Waals surface area (Å²) >= 11 is 9.49. The topological polar surface area (TPSA) is 12.0 Å². The second kappa shape index (κ2) is 6.31. The molecule has 0 atom stereocenters. The smallest absolute Gasteiger partial charge is 0.0931 e. The van der Waals surface area contributed by atoms with Crippen molar-refractivity contribution in [3.8, 4) is 0 Å². The molecule has 1 aromatic heterocycles. The molecule has 0 bridgehead atoms. The lowest BCUT2D eigenvalue weighted by Crippen LogP contribution is -2.15. The second-order valence-electron chi connectivity index (χ2n) is 4.80. The Labute approximate surface area is 127 Å². The highest BCUT2D eigenvalue weighted by molar-refractivity contribution is 7.98. The maximum Gasteiger partial charge on any atom is 0.0931 e. The first-order chi connectivity index (χ1) is 9.29. The molecule has 0 aliphatic heterocycles. The Morgan fingerprint density at radius 1 is 1.26 bits per heavy atom. The molecule has 1 aromatic carbocycles. The van der Waals surface area contributed by atoms with Gasteiger partial charge in [0.25, 0.3) is 0 Å². The predicted octanol–water partition coefficient (Wildman–Crippen LogP) is 4.95. The molecule has 1 fully saturated rings. The van der Waals surface area contributed by atoms with E-state index in [4.69, 9.17) is 11.6 Å². The Hall–Kier alpha value is -0.480. The number of thiophene rings is 1. The molecule has 0 radical (unpaired) electrons. The van der Waals surface area contributed by atoms with E-state index >= 15 is 0 Å². The first-order valence-corrected chi connectivity index (χ1v) is 8.67. The van der Waals surface area contributed by atoms with E-state index in [0.29, 0.717) is 0 Å². The monoisotopic (exact) mass is 309 g/mol. The first kappa shape index (κ1) is 13.5. The van der Waals surface area contributed by atoms with Gasteiger partial charge < -0.3 is 5.32 Å². The van der Waals surface area contributed by atoms with Crippen LogP contribution in [0.1, 0.15) is 23.3 Å². The lowest BCUT2D eigenvalue weighted by atomic mass is 10.2. The van der Waals surface area contributed by atoms with Gasteiger partial charge in [0.05, 0.1) is 4.34 Å². The van der Waals surface area contributed by atoms with Crippen LogP contribution in [0.15, 0.2) is 41.3 Å². The van der Waals surface area contributed by atoms with Crippen LogP contribution < -0.4 is 5.32 Å². The zero-order valence-electron chi connectivity index (χ0n) is 10.6. The highest BCUT2D eigenvalue weighted by atomic mass is 35.5. The van der Waals surface area contributed by atoms with Gasteiger partial charge in [0.1, 0.15) is 0 Å². The van der Waals surface area contributed by atoms with Crippen molar-refractivity contribution >= 4 is 34.7 Å². The lowest BCUT2D eigenvalue weighted by Gasteiger charge is -2.05. The molecule has 0 amide bonds. The summed E-state index contributed by atoms with van der Waals surface area (Å²) in [6.07, 6.45) is 2.68. The number of hydrogen-bond donors (Lipinski definition) is 1. The number of thioether (sulfide) groups is 1. The molecule has 4 heteroatoms. The molecule has 100 valence electrons. The second-order valence-corrected chi connectivity index (χ2v) is 7.65. The predicted molar refractivity (Wildman–Crippen MR) is 85.2 cm³/mol. The van der Waals surface area contributed by atoms with E-state index in [1.807, 2.05) is 17.8 Å². The van der Waals surface area contributed by atoms with E-state index in [-0.39, 0.29) is 0 Å². The van der Waals surface area contributed by atoms with Gasteiger partial charge in [-0.1, -0.05) is 23.7 Å². The molecular weight excluding hydrogens is 294 g/mol. The zero-order chi connectivity index (χ0) is 13.1. The molecule has 19 heavy (non-hydrogen) atoms. The minimum atomic E-state index is 0.768. The summed E-state index contributed by atoms with van der Waals surface area (Å²) in [4.78, 5) is 2.66. The summed E-state index contributed by atoms with van der Waals surface area (Å²) in [6, 6.07) is 13.7. The maximum atomic E-state index is 5.95. The Kier molecular flexibility index (Phi) is 4.49. The van der Waals surface area contributed by atoms with E-state index in [2.05, 4.69) is 35.6 Å². The number of rotatable bonds is 6. The molecule has 0 unspecified atom stereocenters. The van der Waals surface area contributed by atoms with Gasteiger partial charge in [-0.2, -0.15) is 0 Å². The SMILES string of the molecule is Clc1ccc(CSc2cccc(CNC3CC3)c2)s1. The van der Waals surface area contributed by atoms with Crippen LogP contribution in [0.2, 0.25) is 4.34 Å². The van der Waals surface area contributed by atoms with Crippen LogP contribution >= 0.6 is 34.7 Å². The Morgan fingerprint density at radius 2 is 2.16 bits per heavy atom. The van der Waals surface area contributed by atoms with Crippen molar-refractivity contribution in [1.82, 2.24) is 5.32 Å². The largest absolute Gasteiger partial charge is 0.310 e. The Morgan fingerprint density at radius 3 is 2.89 bits per heavy atom. The van der Waals surface area contributed by atoms with Crippen LogP contribution in [-0.2, 0) is 12.3 Å². The number of benzene rings is 1. The Balaban J connectivity index is 1.55. The summed E-state index contributed by atoms with van der Waals surface area (Å²) in [7, 11) is 0. The third-order valence-electron chi connectivity index (χ3n) is 3.08. The van der Waals surface area contributed by atoms with Gasteiger partial charge in [-0.05, 0) is 42.7 Å². The minimum Gasteiger partial charge on any atom is -0.310 e. The summed E-state index contributed by atoms with van der Waals surface area (Å²) in [5.41, 5.74) is 1.38. The zero-order valence-corrected chi connectivity index (χ0v) is 13.0. The van der Waals surface area contributed by atoms with E-state index in [9.17, 15) is 0 Å². The van der Waals surface area contributed by atoms with Crippen molar-refractivity contribution in [3.05, 3.63) is 51.2 Å². The molecule has 1 nitrogen and oxygen atoms in total. The highest BCUT2D eigenvalue weighted by Crippen LogP contribution is 2.29. The molecule has 0 saturated heterocycles. The quantitative estimate of drug-likeness (QED) is 0.758. The van der Waals surface area contributed by atoms with Crippen LogP contribution in [0.25, 0.3) is 0 Å². The maximum absolute atomic E-state index is 5.95. The number of halogens is 1. The van der Waals surface area contributed by atoms with Crippen LogP contribution in [0.5, 0.6) is 0 Å². The third kappa shape index (κ3) is 4.25. The van der Waals surface area contributed by atoms with Crippen molar-refractivity contribution in [1.29, 1.82) is 0 Å². The first-order valence-electron chi connectivity index (χ1n) is 6.49. The minimum absolute atomic E-state index is 0.768. The molecule has 1 aliphatic carbocycles. The van der Waals surface area contributed by atoms with Crippen molar-refractivity contribution in [2.45, 2.75) is 36.1 Å². The summed E-state index contributed by atoms with van der Waals surface area (Å²) in [5, 5.41) is 3.55. The fourth-order valence-corrected chi connectivity index (χ4v) is 3.99.